The van der Waals surface area contributed by atoms with E-state index in [1.807, 2.05) is 36.6 Å². The summed E-state index contributed by atoms with van der Waals surface area (Å²) in [5, 5.41) is 9.68. The van der Waals surface area contributed by atoms with Gasteiger partial charge in [-0.05, 0) is 47.8 Å². The van der Waals surface area contributed by atoms with Gasteiger partial charge in [0.15, 0.2) is 0 Å². The smallest absolute Gasteiger partial charge is 0.241 e. The summed E-state index contributed by atoms with van der Waals surface area (Å²) in [5.74, 6) is 0.315. The zero-order valence-electron chi connectivity index (χ0n) is 16.5. The number of carbonyl (C=O) groups excluding carboxylic acids is 1. The van der Waals surface area contributed by atoms with Crippen LogP contribution in [0.15, 0.2) is 71.8 Å². The number of amides is 1. The molecule has 158 valence electrons. The van der Waals surface area contributed by atoms with Gasteiger partial charge in [0.25, 0.3) is 0 Å². The van der Waals surface area contributed by atoms with Crippen molar-refractivity contribution in [2.75, 3.05) is 12.0 Å². The molecule has 1 heterocycles. The number of H-pyrrole nitrogens is 1. The first-order valence-corrected chi connectivity index (χ1v) is 12.3. The highest BCUT2D eigenvalue weighted by Crippen LogP contribution is 2.16. The third-order valence-corrected chi connectivity index (χ3v) is 6.64. The topological polar surface area (TPSA) is 104 Å². The van der Waals surface area contributed by atoms with E-state index in [4.69, 9.17) is 0 Å². The molecule has 0 spiro atoms. The van der Waals surface area contributed by atoms with Gasteiger partial charge in [-0.2, -0.15) is 21.6 Å². The molecule has 1 aromatic heterocycles. The number of aromatic amines is 1. The molecule has 3 N–H and O–H groups in total. The summed E-state index contributed by atoms with van der Waals surface area (Å²) in [4.78, 5) is 12.9. The van der Waals surface area contributed by atoms with Crippen molar-refractivity contribution in [2.45, 2.75) is 23.9 Å². The van der Waals surface area contributed by atoms with E-state index in [0.717, 1.165) is 16.8 Å². The lowest BCUT2D eigenvalue weighted by molar-refractivity contribution is -0.122. The Morgan fingerprint density at radius 1 is 1.10 bits per heavy atom. The number of nitrogens with one attached hydrogen (secondary N) is 3. The number of carbonyl (C=O) groups is 1. The summed E-state index contributed by atoms with van der Waals surface area (Å²) in [5.41, 5.74) is 2.83. The summed E-state index contributed by atoms with van der Waals surface area (Å²) in [6, 6.07) is 16.8. The molecule has 0 aliphatic rings. The number of sulfonamides is 1. The minimum Gasteiger partial charge on any atom is -0.351 e. The Balaban J connectivity index is 1.63. The fraction of sp³-hybridized carbons (Fsp3) is 0.238. The maximum Gasteiger partial charge on any atom is 0.241 e. The fourth-order valence-electron chi connectivity index (χ4n) is 2.87. The van der Waals surface area contributed by atoms with Crippen LogP contribution in [0.1, 0.15) is 12.0 Å². The molecule has 0 aliphatic heterocycles. The van der Waals surface area contributed by atoms with Gasteiger partial charge in [0, 0.05) is 12.7 Å². The van der Waals surface area contributed by atoms with Crippen molar-refractivity contribution < 1.29 is 13.2 Å². The summed E-state index contributed by atoms with van der Waals surface area (Å²) < 4.78 is 27.8. The van der Waals surface area contributed by atoms with Crippen LogP contribution in [0.3, 0.4) is 0 Å². The molecule has 2 aromatic carbocycles. The van der Waals surface area contributed by atoms with Crippen molar-refractivity contribution in [3.05, 3.63) is 72.4 Å². The average Bonchev–Trinajstić information content (AvgIpc) is 3.31. The molecule has 1 atom stereocenters. The Hall–Kier alpha value is -2.62. The SMILES string of the molecule is CSCCC(NS(=O)(=O)c1ccccc1)C(=O)NCc1ccc(-c2ccn[nH]2)cc1. The van der Waals surface area contributed by atoms with Crippen LogP contribution in [0, 0.1) is 0 Å². The first-order valence-electron chi connectivity index (χ1n) is 9.42. The van der Waals surface area contributed by atoms with Crippen LogP contribution in [0.5, 0.6) is 0 Å². The van der Waals surface area contributed by atoms with Crippen LogP contribution in [0.4, 0.5) is 0 Å². The zero-order valence-corrected chi connectivity index (χ0v) is 18.2. The van der Waals surface area contributed by atoms with E-state index in [9.17, 15) is 13.2 Å². The van der Waals surface area contributed by atoms with E-state index in [1.165, 1.54) is 12.1 Å². The molecule has 0 aliphatic carbocycles. The minimum absolute atomic E-state index is 0.140. The average molecular weight is 445 g/mol. The van der Waals surface area contributed by atoms with E-state index >= 15 is 0 Å². The van der Waals surface area contributed by atoms with E-state index in [0.29, 0.717) is 18.7 Å². The third kappa shape index (κ3) is 5.94. The maximum atomic E-state index is 12.7. The molecule has 0 fully saturated rings. The first-order chi connectivity index (χ1) is 14.5. The van der Waals surface area contributed by atoms with Crippen LogP contribution < -0.4 is 10.0 Å². The van der Waals surface area contributed by atoms with Crippen LogP contribution in [-0.4, -0.2) is 42.6 Å². The second-order valence-corrected chi connectivity index (χ2v) is 9.35. The summed E-state index contributed by atoms with van der Waals surface area (Å²) in [7, 11) is -3.78. The summed E-state index contributed by atoms with van der Waals surface area (Å²) in [6.45, 7) is 0.310. The van der Waals surface area contributed by atoms with Gasteiger partial charge < -0.3 is 5.32 Å². The van der Waals surface area contributed by atoms with Crippen LogP contribution in [-0.2, 0) is 21.4 Å². The maximum absolute atomic E-state index is 12.7. The Bertz CT molecular complexity index is 1040. The second-order valence-electron chi connectivity index (χ2n) is 6.65. The van der Waals surface area contributed by atoms with Gasteiger partial charge in [-0.1, -0.05) is 42.5 Å². The predicted molar refractivity (Wildman–Crippen MR) is 119 cm³/mol. The van der Waals surface area contributed by atoms with Crippen LogP contribution in [0.25, 0.3) is 11.3 Å². The molecule has 30 heavy (non-hydrogen) atoms. The van der Waals surface area contributed by atoms with E-state index in [-0.39, 0.29) is 10.8 Å². The minimum atomic E-state index is -3.78. The highest BCUT2D eigenvalue weighted by atomic mass is 32.2. The first kappa shape index (κ1) is 22.1. The van der Waals surface area contributed by atoms with Gasteiger partial charge in [-0.15, -0.1) is 0 Å². The predicted octanol–water partition coefficient (Wildman–Crippen LogP) is 2.79. The molecule has 3 rings (SSSR count). The fourth-order valence-corrected chi connectivity index (χ4v) is 4.59. The van der Waals surface area contributed by atoms with Gasteiger partial charge >= 0.3 is 0 Å². The largest absolute Gasteiger partial charge is 0.351 e. The number of nitrogens with zero attached hydrogens (tertiary/aromatic N) is 1. The third-order valence-electron chi connectivity index (χ3n) is 4.51. The Morgan fingerprint density at radius 2 is 1.83 bits per heavy atom. The number of rotatable bonds is 10. The van der Waals surface area contributed by atoms with E-state index in [2.05, 4.69) is 20.2 Å². The molecule has 7 nitrogen and oxygen atoms in total. The van der Waals surface area contributed by atoms with Gasteiger partial charge in [0.05, 0.1) is 10.6 Å². The number of hydrogen-bond donors (Lipinski definition) is 3. The molecule has 0 saturated carbocycles. The Morgan fingerprint density at radius 3 is 2.47 bits per heavy atom. The zero-order chi connectivity index (χ0) is 21.4. The van der Waals surface area contributed by atoms with Crippen molar-refractivity contribution in [1.29, 1.82) is 0 Å². The molecule has 3 aromatic rings. The molecule has 0 saturated heterocycles. The highest BCUT2D eigenvalue weighted by Gasteiger charge is 2.25. The highest BCUT2D eigenvalue weighted by molar-refractivity contribution is 7.98. The Kier molecular flexibility index (Phi) is 7.67. The lowest BCUT2D eigenvalue weighted by atomic mass is 10.1. The van der Waals surface area contributed by atoms with E-state index < -0.39 is 16.1 Å². The van der Waals surface area contributed by atoms with Gasteiger partial charge in [-0.3, -0.25) is 9.89 Å². The number of hydrogen-bond acceptors (Lipinski definition) is 5. The van der Waals surface area contributed by atoms with Crippen molar-refractivity contribution >= 4 is 27.7 Å². The molecule has 1 amide bonds. The van der Waals surface area contributed by atoms with Crippen LogP contribution >= 0.6 is 11.8 Å². The lowest BCUT2D eigenvalue weighted by Gasteiger charge is -2.18. The molecular formula is C21H24N4O3S2. The monoisotopic (exact) mass is 444 g/mol. The van der Waals surface area contributed by atoms with Gasteiger partial charge in [0.1, 0.15) is 6.04 Å². The quantitative estimate of drug-likeness (QED) is 0.446. The van der Waals surface area contributed by atoms with Crippen molar-refractivity contribution in [3.63, 3.8) is 0 Å². The molecule has 0 radical (unpaired) electrons. The van der Waals surface area contributed by atoms with Crippen molar-refractivity contribution in [3.8, 4) is 11.3 Å². The number of benzene rings is 2. The lowest BCUT2D eigenvalue weighted by Crippen LogP contribution is -2.46. The molecule has 1 unspecified atom stereocenters. The summed E-state index contributed by atoms with van der Waals surface area (Å²) >= 11 is 1.56. The Labute approximate surface area is 180 Å². The van der Waals surface area contributed by atoms with Crippen molar-refractivity contribution in [1.82, 2.24) is 20.2 Å². The summed E-state index contributed by atoms with van der Waals surface area (Å²) in [6.07, 6.45) is 4.01. The number of thioether (sulfide) groups is 1. The molecule has 9 heteroatoms. The van der Waals surface area contributed by atoms with E-state index in [1.54, 1.807) is 36.2 Å². The van der Waals surface area contributed by atoms with Crippen molar-refractivity contribution in [2.24, 2.45) is 0 Å². The van der Waals surface area contributed by atoms with Gasteiger partial charge in [-0.25, -0.2) is 8.42 Å². The standard InChI is InChI=1S/C21H24N4O3S2/c1-29-14-12-20(25-30(27,28)18-5-3-2-4-6-18)21(26)22-15-16-7-9-17(10-8-16)19-11-13-23-24-19/h2-11,13,20,25H,12,14-15H2,1H3,(H,22,26)(H,23,24). The normalized spacial score (nSPS) is 12.4. The number of aromatic nitrogens is 2. The second kappa shape index (κ2) is 10.4. The molecular weight excluding hydrogens is 420 g/mol. The molecule has 0 bridgehead atoms. The van der Waals surface area contributed by atoms with Crippen LogP contribution in [0.2, 0.25) is 0 Å². The van der Waals surface area contributed by atoms with Gasteiger partial charge in [0.2, 0.25) is 15.9 Å².